The molecule has 5 nitrogen and oxygen atoms in total. The largest absolute Gasteiger partial charge is 0.516 e. The van der Waals surface area contributed by atoms with Crippen LogP contribution in [0.3, 0.4) is 0 Å². The number of anilines is 1. The van der Waals surface area contributed by atoms with Gasteiger partial charge in [0.15, 0.2) is 0 Å². The number of hydrogen-bond donors (Lipinski definition) is 1. The highest BCUT2D eigenvalue weighted by molar-refractivity contribution is 7.93. The van der Waals surface area contributed by atoms with Crippen LogP contribution in [-0.2, 0) is 16.4 Å². The lowest BCUT2D eigenvalue weighted by atomic mass is 9.97. The molecule has 0 fully saturated rings. The molecule has 3 rings (SSSR count). The minimum Gasteiger partial charge on any atom is -0.497 e. The third-order valence-electron chi connectivity index (χ3n) is 4.44. The Morgan fingerprint density at radius 1 is 1.10 bits per heavy atom. The van der Waals surface area contributed by atoms with Crippen LogP contribution in [0, 0.1) is 0 Å². The summed E-state index contributed by atoms with van der Waals surface area (Å²) in [5.74, 6) is 1.44. The number of hydrogen-bond acceptors (Lipinski definition) is 4. The molecule has 1 N–H and O–H groups in total. The number of methoxy groups -OCH3 is 1. The van der Waals surface area contributed by atoms with E-state index in [-0.39, 0.29) is 11.6 Å². The highest BCUT2D eigenvalue weighted by Crippen LogP contribution is 2.35. The van der Waals surface area contributed by atoms with Gasteiger partial charge < -0.3 is 9.15 Å². The maximum absolute atomic E-state index is 12.7. The van der Waals surface area contributed by atoms with Gasteiger partial charge in [-0.05, 0) is 35.9 Å². The molecule has 0 saturated heterocycles. The van der Waals surface area contributed by atoms with Crippen molar-refractivity contribution in [3.05, 3.63) is 59.4 Å². The fourth-order valence-electron chi connectivity index (χ4n) is 3.04. The van der Waals surface area contributed by atoms with Crippen molar-refractivity contribution < 1.29 is 30.7 Å². The van der Waals surface area contributed by atoms with Gasteiger partial charge in [0.1, 0.15) is 17.1 Å². The van der Waals surface area contributed by atoms with Crippen molar-refractivity contribution in [1.29, 1.82) is 0 Å². The topological polar surface area (TPSA) is 68.5 Å². The summed E-state index contributed by atoms with van der Waals surface area (Å²) >= 11 is 0. The molecule has 9 heteroatoms. The summed E-state index contributed by atoms with van der Waals surface area (Å²) in [6.45, 7) is 3.89. The quantitative estimate of drug-likeness (QED) is 0.571. The molecule has 0 spiro atoms. The highest BCUT2D eigenvalue weighted by atomic mass is 32.2. The van der Waals surface area contributed by atoms with Crippen molar-refractivity contribution in [3.8, 4) is 5.75 Å². The van der Waals surface area contributed by atoms with E-state index in [0.717, 1.165) is 11.1 Å². The molecule has 0 aliphatic heterocycles. The highest BCUT2D eigenvalue weighted by Gasteiger charge is 2.46. The van der Waals surface area contributed by atoms with Crippen molar-refractivity contribution in [3.63, 3.8) is 0 Å². The summed E-state index contributed by atoms with van der Waals surface area (Å²) in [7, 11) is -3.93. The average Bonchev–Trinajstić information content (AvgIpc) is 2.99. The van der Waals surface area contributed by atoms with Crippen molar-refractivity contribution in [2.24, 2.45) is 0 Å². The molecule has 1 heterocycles. The standard InChI is InChI=1S/C20H20F3NO4S/c1-12(2)19-17(10-13-4-7-15(27-3)8-5-13)16-11-14(6-9-18(16)28-19)24-29(25,26)20(21,22)23/h4-9,11-12,24H,10H2,1-3H3. The van der Waals surface area contributed by atoms with E-state index in [1.165, 1.54) is 18.2 Å². The van der Waals surface area contributed by atoms with Crippen molar-refractivity contribution in [2.75, 3.05) is 11.8 Å². The molecular weight excluding hydrogens is 407 g/mol. The molecule has 2 aromatic carbocycles. The first-order chi connectivity index (χ1) is 13.5. The summed E-state index contributed by atoms with van der Waals surface area (Å²) in [6.07, 6.45) is 0.472. The average molecular weight is 427 g/mol. The summed E-state index contributed by atoms with van der Waals surface area (Å²) < 4.78 is 73.6. The maximum atomic E-state index is 12.7. The molecule has 0 atom stereocenters. The van der Waals surface area contributed by atoms with E-state index >= 15 is 0 Å². The Morgan fingerprint density at radius 3 is 2.31 bits per heavy atom. The van der Waals surface area contributed by atoms with E-state index in [1.54, 1.807) is 11.8 Å². The summed E-state index contributed by atoms with van der Waals surface area (Å²) in [6, 6.07) is 11.5. The van der Waals surface area contributed by atoms with E-state index < -0.39 is 15.5 Å². The predicted octanol–water partition coefficient (Wildman–Crippen LogP) is 5.42. The molecule has 156 valence electrons. The number of benzene rings is 2. The molecule has 0 unspecified atom stereocenters. The lowest BCUT2D eigenvalue weighted by molar-refractivity contribution is -0.0429. The van der Waals surface area contributed by atoms with Crippen LogP contribution in [0.5, 0.6) is 5.75 Å². The number of ether oxygens (including phenoxy) is 1. The van der Waals surface area contributed by atoms with Crippen LogP contribution < -0.4 is 9.46 Å². The molecular formula is C20H20F3NO4S. The first kappa shape index (κ1) is 21.0. The van der Waals surface area contributed by atoms with E-state index in [1.807, 2.05) is 38.1 Å². The number of furan rings is 1. The maximum Gasteiger partial charge on any atom is 0.516 e. The Labute approximate surface area is 166 Å². The van der Waals surface area contributed by atoms with Crippen LogP contribution in [0.4, 0.5) is 18.9 Å². The summed E-state index contributed by atoms with van der Waals surface area (Å²) in [4.78, 5) is 0. The molecule has 0 aliphatic rings. The molecule has 0 radical (unpaired) electrons. The Bertz CT molecular complexity index is 1120. The number of fused-ring (bicyclic) bond motifs is 1. The zero-order valence-electron chi connectivity index (χ0n) is 16.0. The summed E-state index contributed by atoms with van der Waals surface area (Å²) in [5, 5.41) is 0.562. The zero-order valence-corrected chi connectivity index (χ0v) is 16.8. The lowest BCUT2D eigenvalue weighted by Crippen LogP contribution is -2.29. The molecule has 29 heavy (non-hydrogen) atoms. The zero-order chi connectivity index (χ0) is 21.4. The third kappa shape index (κ3) is 4.34. The van der Waals surface area contributed by atoms with E-state index in [9.17, 15) is 21.6 Å². The van der Waals surface area contributed by atoms with Gasteiger partial charge in [-0.2, -0.15) is 21.6 Å². The second-order valence-electron chi connectivity index (χ2n) is 6.89. The molecule has 0 bridgehead atoms. The van der Waals surface area contributed by atoms with Crippen LogP contribution in [0.25, 0.3) is 11.0 Å². The van der Waals surface area contributed by atoms with E-state index in [2.05, 4.69) is 0 Å². The van der Waals surface area contributed by atoms with E-state index in [0.29, 0.717) is 28.9 Å². The fourth-order valence-corrected chi connectivity index (χ4v) is 3.59. The number of nitrogens with one attached hydrogen (secondary N) is 1. The molecule has 0 saturated carbocycles. The van der Waals surface area contributed by atoms with Gasteiger partial charge in [-0.3, -0.25) is 4.72 Å². The number of halogens is 3. The second kappa shape index (κ2) is 7.62. The van der Waals surface area contributed by atoms with Gasteiger partial charge in [0.05, 0.1) is 7.11 Å². The van der Waals surface area contributed by atoms with Crippen LogP contribution in [0.2, 0.25) is 0 Å². The number of alkyl halides is 3. The van der Waals surface area contributed by atoms with Gasteiger partial charge in [-0.25, -0.2) is 0 Å². The predicted molar refractivity (Wildman–Crippen MR) is 105 cm³/mol. The fraction of sp³-hybridized carbons (Fsp3) is 0.300. The summed E-state index contributed by atoms with van der Waals surface area (Å²) in [5.41, 5.74) is -3.34. The first-order valence-electron chi connectivity index (χ1n) is 8.79. The van der Waals surface area contributed by atoms with Gasteiger partial charge >= 0.3 is 15.5 Å². The van der Waals surface area contributed by atoms with Crippen LogP contribution in [-0.4, -0.2) is 21.0 Å². The Kier molecular flexibility index (Phi) is 5.53. The normalized spacial score (nSPS) is 12.5. The van der Waals surface area contributed by atoms with Gasteiger partial charge in [0.2, 0.25) is 0 Å². The SMILES string of the molecule is COc1ccc(Cc2c(C(C)C)oc3ccc(NS(=O)(=O)C(F)(F)F)cc23)cc1. The Balaban J connectivity index is 2.05. The monoisotopic (exact) mass is 427 g/mol. The molecule has 0 amide bonds. The minimum absolute atomic E-state index is 0.0333. The smallest absolute Gasteiger partial charge is 0.497 e. The van der Waals surface area contributed by atoms with Gasteiger partial charge in [-0.15, -0.1) is 0 Å². The molecule has 3 aromatic rings. The Hall–Kier alpha value is -2.68. The van der Waals surface area contributed by atoms with Crippen molar-refractivity contribution >= 4 is 26.7 Å². The van der Waals surface area contributed by atoms with Crippen LogP contribution >= 0.6 is 0 Å². The number of sulfonamides is 1. The van der Waals surface area contributed by atoms with Crippen LogP contribution in [0.1, 0.15) is 36.7 Å². The van der Waals surface area contributed by atoms with Crippen molar-refractivity contribution in [2.45, 2.75) is 31.7 Å². The molecule has 1 aromatic heterocycles. The van der Waals surface area contributed by atoms with Gasteiger partial charge in [0.25, 0.3) is 0 Å². The van der Waals surface area contributed by atoms with E-state index in [4.69, 9.17) is 9.15 Å². The van der Waals surface area contributed by atoms with Gasteiger partial charge in [-0.1, -0.05) is 26.0 Å². The third-order valence-corrected chi connectivity index (χ3v) is 5.56. The number of rotatable bonds is 6. The Morgan fingerprint density at radius 2 is 1.76 bits per heavy atom. The van der Waals surface area contributed by atoms with Crippen LogP contribution in [0.15, 0.2) is 46.9 Å². The first-order valence-corrected chi connectivity index (χ1v) is 10.3. The van der Waals surface area contributed by atoms with Crippen molar-refractivity contribution in [1.82, 2.24) is 0 Å². The lowest BCUT2D eigenvalue weighted by Gasteiger charge is -2.11. The van der Waals surface area contributed by atoms with Gasteiger partial charge in [0, 0.05) is 29.0 Å². The minimum atomic E-state index is -5.50. The second-order valence-corrected chi connectivity index (χ2v) is 8.56. The molecule has 0 aliphatic carbocycles.